The van der Waals surface area contributed by atoms with E-state index in [1.54, 1.807) is 0 Å². The normalized spacial score (nSPS) is 21.2. The third kappa shape index (κ3) is 6.64. The maximum atomic E-state index is 11.9. The van der Waals surface area contributed by atoms with Crippen LogP contribution in [-0.2, 0) is 10.8 Å². The predicted octanol–water partition coefficient (Wildman–Crippen LogP) is -2.56. The minimum atomic E-state index is -4.72. The van der Waals surface area contributed by atoms with E-state index in [9.17, 15) is 17.2 Å². The van der Waals surface area contributed by atoms with Crippen LogP contribution < -0.4 is 51.4 Å². The van der Waals surface area contributed by atoms with Crippen LogP contribution in [0.1, 0.15) is 0 Å². The largest absolute Gasteiger partial charge is 1.00 e. The second-order valence-corrected chi connectivity index (χ2v) is 4.56. The van der Waals surface area contributed by atoms with Gasteiger partial charge in [-0.2, -0.15) is 0 Å². The van der Waals surface area contributed by atoms with E-state index in [2.05, 4.69) is 0 Å². The molecule has 8 heteroatoms. The molecule has 0 radical (unpaired) electrons. The summed E-state index contributed by atoms with van der Waals surface area (Å²) >= 11 is 0. The van der Waals surface area contributed by atoms with Crippen LogP contribution in [0.3, 0.4) is 0 Å². The van der Waals surface area contributed by atoms with E-state index in [0.717, 1.165) is 0 Å². The van der Waals surface area contributed by atoms with Crippen LogP contribution in [0.5, 0.6) is 0 Å². The van der Waals surface area contributed by atoms with Gasteiger partial charge in [-0.25, -0.2) is 0 Å². The van der Waals surface area contributed by atoms with Crippen molar-refractivity contribution >= 4 is 17.8 Å². The maximum Gasteiger partial charge on any atom is 1.00 e. The van der Waals surface area contributed by atoms with Crippen molar-refractivity contribution < 1.29 is 68.5 Å². The minimum absolute atomic E-state index is 0. The van der Waals surface area contributed by atoms with Gasteiger partial charge in [0.2, 0.25) is 0 Å². The summed E-state index contributed by atoms with van der Waals surface area (Å²) in [6.45, 7) is -4.09. The zero-order valence-corrected chi connectivity index (χ0v) is 11.5. The summed E-state index contributed by atoms with van der Waals surface area (Å²) in [7, 11) is -0.891. The van der Waals surface area contributed by atoms with Gasteiger partial charge >= 0.3 is 58.4 Å². The molecule has 1 saturated heterocycles. The van der Waals surface area contributed by atoms with E-state index in [-0.39, 0.29) is 51.4 Å². The monoisotopic (exact) mass is 239 g/mol. The summed E-state index contributed by atoms with van der Waals surface area (Å²) in [6, 6.07) is 0. The molecule has 13 heavy (non-hydrogen) atoms. The van der Waals surface area contributed by atoms with Crippen LogP contribution in [0.2, 0.25) is 0 Å². The molecule has 0 aromatic carbocycles. The average molecular weight is 239 g/mol. The molecule has 0 spiro atoms. The van der Waals surface area contributed by atoms with Gasteiger partial charge < -0.3 is 17.8 Å². The van der Waals surface area contributed by atoms with Crippen molar-refractivity contribution in [2.75, 3.05) is 31.0 Å². The Hall–Kier alpha value is 1.60. The topological polar surface area (TPSA) is 20.3 Å². The van der Waals surface area contributed by atoms with E-state index < -0.39 is 24.2 Å². The molecule has 0 atom stereocenters. The molecule has 2 nitrogen and oxygen atoms in total. The molecule has 0 unspecified atom stereocenters. The number of hydrogen-bond acceptors (Lipinski definition) is 2. The third-order valence-corrected chi connectivity index (χ3v) is 3.01. The summed E-state index contributed by atoms with van der Waals surface area (Å²) in [5.74, 6) is 0.762. The van der Waals surface area contributed by atoms with E-state index in [0.29, 0.717) is 24.6 Å². The van der Waals surface area contributed by atoms with Crippen molar-refractivity contribution in [3.63, 3.8) is 0 Å². The van der Waals surface area contributed by atoms with Crippen LogP contribution in [0, 0.1) is 0 Å². The van der Waals surface area contributed by atoms with Gasteiger partial charge in [0, 0.05) is 35.4 Å². The zero-order chi connectivity index (χ0) is 9.19. The summed E-state index contributed by atoms with van der Waals surface area (Å²) in [5.41, 5.74) is 0. The maximum absolute atomic E-state index is 11.9. The fourth-order valence-corrected chi connectivity index (χ4v) is 2.28. The van der Waals surface area contributed by atoms with Crippen molar-refractivity contribution in [1.82, 2.24) is 4.90 Å². The van der Waals surface area contributed by atoms with Gasteiger partial charge in [0.15, 0.2) is 0 Å². The molecule has 0 bridgehead atoms. The fourth-order valence-electron chi connectivity index (χ4n) is 1.15. The summed E-state index contributed by atoms with van der Waals surface area (Å²) < 4.78 is 46.4. The molecule has 1 heterocycles. The molecular formula is C5H10BF3KNOS. The average Bonchev–Trinajstić information content (AvgIpc) is 1.91. The minimum Gasteiger partial charge on any atom is -0.448 e. The van der Waals surface area contributed by atoms with Crippen LogP contribution in [0.25, 0.3) is 0 Å². The van der Waals surface area contributed by atoms with Crippen molar-refractivity contribution in [3.8, 4) is 0 Å². The molecule has 1 aliphatic heterocycles. The Balaban J connectivity index is 0.00000144. The van der Waals surface area contributed by atoms with E-state index in [1.165, 1.54) is 4.90 Å². The Morgan fingerprint density at radius 3 is 2.08 bits per heavy atom. The van der Waals surface area contributed by atoms with Crippen LogP contribution in [0.4, 0.5) is 12.9 Å². The zero-order valence-electron chi connectivity index (χ0n) is 7.51. The van der Waals surface area contributed by atoms with Gasteiger partial charge in [-0.05, 0) is 6.44 Å². The number of halogens is 3. The first kappa shape index (κ1) is 14.6. The van der Waals surface area contributed by atoms with Crippen LogP contribution in [-0.4, -0.2) is 47.1 Å². The molecule has 1 aliphatic rings. The Kier molecular flexibility index (Phi) is 7.01. The summed E-state index contributed by atoms with van der Waals surface area (Å²) in [6.07, 6.45) is -0.808. The number of nitrogens with zero attached hydrogens (tertiary/aromatic N) is 1. The molecule has 0 N–H and O–H groups in total. The van der Waals surface area contributed by atoms with Crippen molar-refractivity contribution in [1.29, 1.82) is 0 Å². The van der Waals surface area contributed by atoms with Gasteiger partial charge in [0.1, 0.15) is 0 Å². The van der Waals surface area contributed by atoms with Crippen molar-refractivity contribution in [3.05, 3.63) is 0 Å². The molecule has 72 valence electrons. The molecule has 1 rings (SSSR count). The quantitative estimate of drug-likeness (QED) is 0.494. The molecule has 1 fully saturated rings. The van der Waals surface area contributed by atoms with Gasteiger partial charge in [0.05, 0.1) is 0 Å². The second kappa shape index (κ2) is 6.24. The van der Waals surface area contributed by atoms with Gasteiger partial charge in [-0.1, -0.05) is 0 Å². The van der Waals surface area contributed by atoms with Gasteiger partial charge in [0.25, 0.3) is 0 Å². The summed E-state index contributed by atoms with van der Waals surface area (Å²) in [4.78, 5) is 1.32. The number of rotatable bonds is 2. The molecule has 0 saturated carbocycles. The Bertz CT molecular complexity index is 181. The smallest absolute Gasteiger partial charge is 0.448 e. The first-order valence-corrected chi connectivity index (χ1v) is 5.24. The van der Waals surface area contributed by atoms with Crippen LogP contribution >= 0.6 is 0 Å². The molecule has 0 amide bonds. The van der Waals surface area contributed by atoms with E-state index in [4.69, 9.17) is 0 Å². The van der Waals surface area contributed by atoms with Crippen molar-refractivity contribution in [2.24, 2.45) is 0 Å². The standard InChI is InChI=1S/C5H10BF3NOS.K/c7-6(8,9)5-10-1-3-12(11)4-2-10;/h1-5H2;/q-1;+1. The van der Waals surface area contributed by atoms with Crippen molar-refractivity contribution in [2.45, 2.75) is 0 Å². The predicted molar refractivity (Wildman–Crippen MR) is 43.4 cm³/mol. The van der Waals surface area contributed by atoms with E-state index in [1.807, 2.05) is 0 Å². The molecule has 0 aliphatic carbocycles. The fraction of sp³-hybridized carbons (Fsp3) is 1.00. The van der Waals surface area contributed by atoms with Gasteiger partial charge in [-0.3, -0.25) is 4.21 Å². The van der Waals surface area contributed by atoms with Crippen LogP contribution in [0.15, 0.2) is 0 Å². The number of hydrogen-bond donors (Lipinski definition) is 0. The van der Waals surface area contributed by atoms with Gasteiger partial charge in [-0.15, -0.1) is 0 Å². The Morgan fingerprint density at radius 2 is 1.69 bits per heavy atom. The molecule has 0 aromatic heterocycles. The third-order valence-electron chi connectivity index (χ3n) is 1.74. The molecule has 0 aromatic rings. The Morgan fingerprint density at radius 1 is 1.23 bits per heavy atom. The first-order valence-electron chi connectivity index (χ1n) is 3.76. The van der Waals surface area contributed by atoms with E-state index >= 15 is 0 Å². The summed E-state index contributed by atoms with van der Waals surface area (Å²) in [5, 5.41) is 0. The SMILES string of the molecule is O=S1CCN(C[B-](F)(F)F)CC1.[K+]. The second-order valence-electron chi connectivity index (χ2n) is 2.86. The Labute approximate surface area is 121 Å². The first-order chi connectivity index (χ1) is 5.47. The molecular weight excluding hydrogens is 229 g/mol.